The molecule has 1 N–H and O–H groups in total. The summed E-state index contributed by atoms with van der Waals surface area (Å²) in [7, 11) is 0. The number of nitrogens with zero attached hydrogens (tertiary/aromatic N) is 2. The van der Waals surface area contributed by atoms with E-state index in [0.717, 1.165) is 5.69 Å². The molecule has 6 heteroatoms. The Labute approximate surface area is 119 Å². The summed E-state index contributed by atoms with van der Waals surface area (Å²) in [5.41, 5.74) is 1.08. The number of aromatic carboxylic acids is 1. The summed E-state index contributed by atoms with van der Waals surface area (Å²) in [6.07, 6.45) is 0. The molecule has 0 radical (unpaired) electrons. The van der Waals surface area contributed by atoms with Gasteiger partial charge in [0.1, 0.15) is 11.0 Å². The number of rotatable bonds is 4. The van der Waals surface area contributed by atoms with Gasteiger partial charge >= 0.3 is 5.97 Å². The van der Waals surface area contributed by atoms with E-state index in [1.165, 1.54) is 11.8 Å². The highest BCUT2D eigenvalue weighted by Crippen LogP contribution is 2.25. The number of aryl methyl sites for hydroxylation is 1. The van der Waals surface area contributed by atoms with E-state index in [4.69, 9.17) is 16.7 Å². The Morgan fingerprint density at radius 1 is 1.37 bits per heavy atom. The van der Waals surface area contributed by atoms with Crippen LogP contribution in [0.15, 0.2) is 35.2 Å². The number of carboxylic acids is 1. The molecule has 0 aliphatic carbocycles. The lowest BCUT2D eigenvalue weighted by molar-refractivity contribution is 0.0693. The average Bonchev–Trinajstić information content (AvgIpc) is 2.35. The first kappa shape index (κ1) is 13.8. The second kappa shape index (κ2) is 6.04. The maximum Gasteiger partial charge on any atom is 0.336 e. The monoisotopic (exact) mass is 294 g/mol. The van der Waals surface area contributed by atoms with Gasteiger partial charge in [0.2, 0.25) is 0 Å². The zero-order chi connectivity index (χ0) is 13.8. The second-order valence-corrected chi connectivity index (χ2v) is 5.24. The van der Waals surface area contributed by atoms with E-state index in [1.54, 1.807) is 30.3 Å². The lowest BCUT2D eigenvalue weighted by atomic mass is 10.2. The smallest absolute Gasteiger partial charge is 0.336 e. The van der Waals surface area contributed by atoms with Gasteiger partial charge in [-0.2, -0.15) is 0 Å². The Hall–Kier alpha value is -1.59. The van der Waals surface area contributed by atoms with Crippen molar-refractivity contribution in [2.24, 2.45) is 0 Å². The van der Waals surface area contributed by atoms with Crippen molar-refractivity contribution in [1.29, 1.82) is 0 Å². The van der Waals surface area contributed by atoms with Crippen molar-refractivity contribution in [2.75, 3.05) is 0 Å². The standard InChI is InChI=1S/C13H11ClN2O2S/c1-8-6-11(14)16-12(15-8)7-19-10-5-3-2-4-9(10)13(17)18/h2-6H,7H2,1H3,(H,17,18). The van der Waals surface area contributed by atoms with Crippen LogP contribution < -0.4 is 0 Å². The van der Waals surface area contributed by atoms with Crippen molar-refractivity contribution >= 4 is 29.3 Å². The highest BCUT2D eigenvalue weighted by Gasteiger charge is 2.10. The largest absolute Gasteiger partial charge is 0.478 e. The molecule has 0 spiro atoms. The molecule has 0 atom stereocenters. The SMILES string of the molecule is Cc1cc(Cl)nc(CSc2ccccc2C(=O)O)n1. The van der Waals surface area contributed by atoms with E-state index < -0.39 is 5.97 Å². The molecule has 0 amide bonds. The third-order valence-corrected chi connectivity index (χ3v) is 3.61. The number of aromatic nitrogens is 2. The van der Waals surface area contributed by atoms with E-state index in [9.17, 15) is 4.79 Å². The Kier molecular flexibility index (Phi) is 4.39. The topological polar surface area (TPSA) is 63.1 Å². The third kappa shape index (κ3) is 3.68. The Balaban J connectivity index is 2.16. The van der Waals surface area contributed by atoms with Crippen LogP contribution in [0.25, 0.3) is 0 Å². The molecule has 1 aromatic carbocycles. The molecule has 0 saturated carbocycles. The highest BCUT2D eigenvalue weighted by molar-refractivity contribution is 7.98. The number of halogens is 1. The summed E-state index contributed by atoms with van der Waals surface area (Å²) in [6.45, 7) is 1.84. The summed E-state index contributed by atoms with van der Waals surface area (Å²) in [4.78, 5) is 20.1. The molecule has 1 heterocycles. The summed E-state index contributed by atoms with van der Waals surface area (Å²) < 4.78 is 0. The molecular weight excluding hydrogens is 284 g/mol. The summed E-state index contributed by atoms with van der Waals surface area (Å²) in [6, 6.07) is 8.54. The first-order valence-electron chi connectivity index (χ1n) is 5.51. The Morgan fingerprint density at radius 2 is 2.11 bits per heavy atom. The quantitative estimate of drug-likeness (QED) is 0.691. The predicted octanol–water partition coefficient (Wildman–Crippen LogP) is 3.43. The Morgan fingerprint density at radius 3 is 2.79 bits per heavy atom. The van der Waals surface area contributed by atoms with Gasteiger partial charge in [-0.25, -0.2) is 14.8 Å². The zero-order valence-corrected chi connectivity index (χ0v) is 11.7. The fourth-order valence-electron chi connectivity index (χ4n) is 1.56. The minimum absolute atomic E-state index is 0.284. The van der Waals surface area contributed by atoms with Crippen LogP contribution in [0.1, 0.15) is 21.9 Å². The van der Waals surface area contributed by atoms with Crippen LogP contribution in [-0.2, 0) is 5.75 Å². The molecule has 1 aromatic heterocycles. The van der Waals surface area contributed by atoms with Crippen LogP contribution in [0.5, 0.6) is 0 Å². The molecule has 2 aromatic rings. The number of benzene rings is 1. The fourth-order valence-corrected chi connectivity index (χ4v) is 2.72. The normalized spacial score (nSPS) is 10.4. The van der Waals surface area contributed by atoms with Crippen LogP contribution in [0.4, 0.5) is 0 Å². The van der Waals surface area contributed by atoms with Crippen LogP contribution >= 0.6 is 23.4 Å². The van der Waals surface area contributed by atoms with Gasteiger partial charge in [-0.05, 0) is 25.1 Å². The van der Waals surface area contributed by atoms with Crippen LogP contribution in [0.3, 0.4) is 0 Å². The average molecular weight is 295 g/mol. The minimum atomic E-state index is -0.939. The van der Waals surface area contributed by atoms with Crippen LogP contribution in [-0.4, -0.2) is 21.0 Å². The number of hydrogen-bond donors (Lipinski definition) is 1. The van der Waals surface area contributed by atoms with Crippen molar-refractivity contribution in [3.63, 3.8) is 0 Å². The molecule has 0 fully saturated rings. The van der Waals surface area contributed by atoms with Crippen LogP contribution in [0.2, 0.25) is 5.15 Å². The molecule has 19 heavy (non-hydrogen) atoms. The van der Waals surface area contributed by atoms with Crippen molar-refractivity contribution < 1.29 is 9.90 Å². The van der Waals surface area contributed by atoms with Gasteiger partial charge in [0.25, 0.3) is 0 Å². The lowest BCUT2D eigenvalue weighted by Gasteiger charge is -2.05. The van der Waals surface area contributed by atoms with Crippen molar-refractivity contribution in [2.45, 2.75) is 17.6 Å². The maximum absolute atomic E-state index is 11.1. The number of carboxylic acid groups (broad SMARTS) is 1. The maximum atomic E-state index is 11.1. The van der Waals surface area contributed by atoms with E-state index >= 15 is 0 Å². The fraction of sp³-hybridized carbons (Fsp3) is 0.154. The first-order chi connectivity index (χ1) is 9.06. The molecule has 4 nitrogen and oxygen atoms in total. The van der Waals surface area contributed by atoms with E-state index in [1.807, 2.05) is 6.92 Å². The zero-order valence-electron chi connectivity index (χ0n) is 10.1. The van der Waals surface area contributed by atoms with Crippen LogP contribution in [0, 0.1) is 6.92 Å². The summed E-state index contributed by atoms with van der Waals surface area (Å²) in [5.74, 6) is 0.132. The van der Waals surface area contributed by atoms with Gasteiger partial charge in [-0.1, -0.05) is 23.7 Å². The van der Waals surface area contributed by atoms with Gasteiger partial charge in [-0.15, -0.1) is 11.8 Å². The highest BCUT2D eigenvalue weighted by atomic mass is 35.5. The molecule has 0 saturated heterocycles. The van der Waals surface area contributed by atoms with E-state index in [-0.39, 0.29) is 5.56 Å². The molecule has 0 aliphatic rings. The molecule has 98 valence electrons. The Bertz CT molecular complexity index is 599. The van der Waals surface area contributed by atoms with E-state index in [2.05, 4.69) is 9.97 Å². The first-order valence-corrected chi connectivity index (χ1v) is 6.88. The van der Waals surface area contributed by atoms with Crippen molar-refractivity contribution in [3.8, 4) is 0 Å². The van der Waals surface area contributed by atoms with E-state index in [0.29, 0.717) is 21.6 Å². The van der Waals surface area contributed by atoms with Gasteiger partial charge in [0.15, 0.2) is 0 Å². The molecule has 0 aliphatic heterocycles. The molecule has 2 rings (SSSR count). The van der Waals surface area contributed by atoms with Gasteiger partial charge in [0.05, 0.1) is 11.3 Å². The van der Waals surface area contributed by atoms with Gasteiger partial charge in [0, 0.05) is 10.6 Å². The molecular formula is C13H11ClN2O2S. The lowest BCUT2D eigenvalue weighted by Crippen LogP contribution is -1.99. The molecule has 0 bridgehead atoms. The third-order valence-electron chi connectivity index (χ3n) is 2.34. The number of hydrogen-bond acceptors (Lipinski definition) is 4. The summed E-state index contributed by atoms with van der Waals surface area (Å²) in [5, 5.41) is 9.48. The minimum Gasteiger partial charge on any atom is -0.478 e. The van der Waals surface area contributed by atoms with Crippen molar-refractivity contribution in [3.05, 3.63) is 52.6 Å². The second-order valence-electron chi connectivity index (χ2n) is 3.84. The van der Waals surface area contributed by atoms with Gasteiger partial charge in [-0.3, -0.25) is 0 Å². The van der Waals surface area contributed by atoms with Crippen molar-refractivity contribution in [1.82, 2.24) is 9.97 Å². The van der Waals surface area contributed by atoms with Gasteiger partial charge < -0.3 is 5.11 Å². The number of carbonyl (C=O) groups is 1. The molecule has 0 unspecified atom stereocenters. The predicted molar refractivity (Wildman–Crippen MR) is 74.7 cm³/mol. The number of thioether (sulfide) groups is 1. The summed E-state index contributed by atoms with van der Waals surface area (Å²) >= 11 is 7.24.